The third-order valence-electron chi connectivity index (χ3n) is 3.71. The van der Waals surface area contributed by atoms with Crippen LogP contribution >= 0.6 is 7.60 Å². The Bertz CT molecular complexity index is 732. The van der Waals surface area contributed by atoms with Crippen molar-refractivity contribution in [1.29, 1.82) is 0 Å². The van der Waals surface area contributed by atoms with Gasteiger partial charge in [-0.25, -0.2) is 8.42 Å². The van der Waals surface area contributed by atoms with Crippen LogP contribution in [0.3, 0.4) is 0 Å². The predicted molar refractivity (Wildman–Crippen MR) is 93.5 cm³/mol. The van der Waals surface area contributed by atoms with E-state index in [2.05, 4.69) is 0 Å². The normalized spacial score (nSPS) is 16.9. The maximum absolute atomic E-state index is 12.9. The highest BCUT2D eigenvalue weighted by atomic mass is 32.2. The van der Waals surface area contributed by atoms with Gasteiger partial charge in [0, 0.05) is 13.1 Å². The van der Waals surface area contributed by atoms with E-state index in [0.717, 1.165) is 5.56 Å². The number of benzene rings is 1. The summed E-state index contributed by atoms with van der Waals surface area (Å²) < 4.78 is 50.5. The SMILES string of the molecule is CCOP(=O)(OCC)C1=CCCN(S(=O)(=O)c2ccc(C)cc2)C1. The molecule has 1 aromatic rings. The minimum atomic E-state index is -3.64. The summed E-state index contributed by atoms with van der Waals surface area (Å²) in [5.74, 6) is 0. The molecule has 0 bridgehead atoms. The van der Waals surface area contributed by atoms with Gasteiger partial charge in [-0.3, -0.25) is 4.57 Å². The first-order valence-electron chi connectivity index (χ1n) is 7.99. The Labute approximate surface area is 144 Å². The summed E-state index contributed by atoms with van der Waals surface area (Å²) >= 11 is 0. The Kier molecular flexibility index (Phi) is 6.39. The lowest BCUT2D eigenvalue weighted by atomic mass is 10.2. The molecule has 0 saturated heterocycles. The fraction of sp³-hybridized carbons (Fsp3) is 0.500. The minimum Gasteiger partial charge on any atom is -0.306 e. The minimum absolute atomic E-state index is 0.0213. The standard InChI is InChI=1S/C16H24NO5PS/c1-4-21-23(18,22-5-2)15-7-6-12-17(13-15)24(19,20)16-10-8-14(3)9-11-16/h7-11H,4-6,12-13H2,1-3H3. The summed E-state index contributed by atoms with van der Waals surface area (Å²) in [6.07, 6.45) is 2.25. The van der Waals surface area contributed by atoms with Gasteiger partial charge in [-0.05, 0) is 39.3 Å². The lowest BCUT2D eigenvalue weighted by Gasteiger charge is -2.29. The third-order valence-corrected chi connectivity index (χ3v) is 7.79. The summed E-state index contributed by atoms with van der Waals surface area (Å²) in [6, 6.07) is 6.71. The van der Waals surface area contributed by atoms with E-state index in [-0.39, 0.29) is 24.7 Å². The van der Waals surface area contributed by atoms with Crippen LogP contribution in [0.4, 0.5) is 0 Å². The average molecular weight is 373 g/mol. The molecule has 0 unspecified atom stereocenters. The van der Waals surface area contributed by atoms with Crippen LogP contribution in [0.5, 0.6) is 0 Å². The first kappa shape index (κ1) is 19.3. The van der Waals surface area contributed by atoms with Crippen molar-refractivity contribution in [2.75, 3.05) is 26.3 Å². The van der Waals surface area contributed by atoms with Gasteiger partial charge >= 0.3 is 7.60 Å². The highest BCUT2D eigenvalue weighted by Crippen LogP contribution is 2.57. The van der Waals surface area contributed by atoms with Crippen molar-refractivity contribution in [3.8, 4) is 0 Å². The first-order valence-corrected chi connectivity index (χ1v) is 11.0. The van der Waals surface area contributed by atoms with Gasteiger partial charge < -0.3 is 9.05 Å². The van der Waals surface area contributed by atoms with Gasteiger partial charge in [0.05, 0.1) is 23.4 Å². The van der Waals surface area contributed by atoms with E-state index in [1.54, 1.807) is 44.2 Å². The summed E-state index contributed by atoms with van der Waals surface area (Å²) in [4.78, 5) is 0.233. The maximum atomic E-state index is 12.9. The molecule has 1 heterocycles. The van der Waals surface area contributed by atoms with E-state index >= 15 is 0 Å². The molecule has 24 heavy (non-hydrogen) atoms. The van der Waals surface area contributed by atoms with Crippen molar-refractivity contribution in [2.24, 2.45) is 0 Å². The Morgan fingerprint density at radius 1 is 1.12 bits per heavy atom. The Morgan fingerprint density at radius 3 is 2.25 bits per heavy atom. The molecule has 0 N–H and O–H groups in total. The molecular weight excluding hydrogens is 349 g/mol. The van der Waals surface area contributed by atoms with Crippen molar-refractivity contribution in [3.05, 3.63) is 41.2 Å². The Morgan fingerprint density at radius 2 is 1.71 bits per heavy atom. The average Bonchev–Trinajstić information content (AvgIpc) is 2.56. The van der Waals surface area contributed by atoms with Crippen LogP contribution in [0.25, 0.3) is 0 Å². The van der Waals surface area contributed by atoms with Gasteiger partial charge in [-0.15, -0.1) is 0 Å². The smallest absolute Gasteiger partial charge is 0.306 e. The Balaban J connectivity index is 2.27. The van der Waals surface area contributed by atoms with E-state index in [9.17, 15) is 13.0 Å². The summed E-state index contributed by atoms with van der Waals surface area (Å²) in [5, 5.41) is 0.410. The predicted octanol–water partition coefficient (Wildman–Crippen LogP) is 3.54. The van der Waals surface area contributed by atoms with Gasteiger partial charge in [0.2, 0.25) is 10.0 Å². The van der Waals surface area contributed by atoms with Gasteiger partial charge in [0.15, 0.2) is 0 Å². The highest BCUT2D eigenvalue weighted by molar-refractivity contribution is 7.89. The van der Waals surface area contributed by atoms with Gasteiger partial charge in [-0.2, -0.15) is 4.31 Å². The zero-order valence-corrected chi connectivity index (χ0v) is 16.0. The molecule has 0 atom stereocenters. The van der Waals surface area contributed by atoms with Crippen LogP contribution in [0.2, 0.25) is 0 Å². The number of nitrogens with zero attached hydrogens (tertiary/aromatic N) is 1. The molecular formula is C16H24NO5PS. The summed E-state index contributed by atoms with van der Waals surface area (Å²) in [6.45, 7) is 6.20. The van der Waals surface area contributed by atoms with Gasteiger partial charge in [-0.1, -0.05) is 23.8 Å². The molecule has 6 nitrogen and oxygen atoms in total. The zero-order chi connectivity index (χ0) is 17.8. The molecule has 0 spiro atoms. The largest absolute Gasteiger partial charge is 0.358 e. The molecule has 1 aliphatic heterocycles. The fourth-order valence-electron chi connectivity index (χ4n) is 2.51. The zero-order valence-electron chi connectivity index (χ0n) is 14.3. The van der Waals surface area contributed by atoms with E-state index < -0.39 is 17.6 Å². The molecule has 0 fully saturated rings. The summed E-state index contributed by atoms with van der Waals surface area (Å²) in [5.41, 5.74) is 0.991. The maximum Gasteiger partial charge on any atom is 0.358 e. The molecule has 0 radical (unpaired) electrons. The van der Waals surface area contributed by atoms with E-state index in [1.165, 1.54) is 4.31 Å². The topological polar surface area (TPSA) is 72.9 Å². The van der Waals surface area contributed by atoms with Crippen LogP contribution in [0, 0.1) is 6.92 Å². The monoisotopic (exact) mass is 373 g/mol. The van der Waals surface area contributed by atoms with E-state index in [1.807, 2.05) is 6.92 Å². The molecule has 0 saturated carbocycles. The molecule has 1 aliphatic rings. The van der Waals surface area contributed by atoms with Gasteiger partial charge in [0.25, 0.3) is 0 Å². The second kappa shape index (κ2) is 7.93. The number of sulfonamides is 1. The lowest BCUT2D eigenvalue weighted by molar-refractivity contribution is 0.223. The number of hydrogen-bond donors (Lipinski definition) is 0. The summed E-state index contributed by atoms with van der Waals surface area (Å²) in [7, 11) is -7.09. The van der Waals surface area contributed by atoms with Crippen molar-refractivity contribution in [3.63, 3.8) is 0 Å². The number of aryl methyl sites for hydroxylation is 1. The number of rotatable bonds is 7. The van der Waals surface area contributed by atoms with Crippen LogP contribution in [-0.4, -0.2) is 39.0 Å². The van der Waals surface area contributed by atoms with Crippen molar-refractivity contribution < 1.29 is 22.0 Å². The lowest BCUT2D eigenvalue weighted by Crippen LogP contribution is -2.36. The van der Waals surface area contributed by atoms with Crippen LogP contribution in [-0.2, 0) is 23.6 Å². The van der Waals surface area contributed by atoms with Crippen LogP contribution in [0.15, 0.2) is 40.6 Å². The molecule has 1 aromatic carbocycles. The molecule has 0 aliphatic carbocycles. The molecule has 0 aromatic heterocycles. The number of hydrogen-bond acceptors (Lipinski definition) is 5. The van der Waals surface area contributed by atoms with Crippen molar-refractivity contribution >= 4 is 17.6 Å². The van der Waals surface area contributed by atoms with Crippen LogP contribution in [0.1, 0.15) is 25.8 Å². The molecule has 134 valence electrons. The molecule has 8 heteroatoms. The Hall–Kier alpha value is -0.980. The second-order valence-corrected chi connectivity index (χ2v) is 9.49. The van der Waals surface area contributed by atoms with Gasteiger partial charge in [0.1, 0.15) is 0 Å². The third kappa shape index (κ3) is 4.16. The first-order chi connectivity index (χ1) is 11.3. The van der Waals surface area contributed by atoms with E-state index in [0.29, 0.717) is 18.3 Å². The van der Waals surface area contributed by atoms with E-state index in [4.69, 9.17) is 9.05 Å². The molecule has 2 rings (SSSR count). The molecule has 0 amide bonds. The van der Waals surface area contributed by atoms with Crippen LogP contribution < -0.4 is 0 Å². The fourth-order valence-corrected chi connectivity index (χ4v) is 5.82. The van der Waals surface area contributed by atoms with Crippen molar-refractivity contribution in [2.45, 2.75) is 32.1 Å². The second-order valence-electron chi connectivity index (χ2n) is 5.47. The van der Waals surface area contributed by atoms with Crippen molar-refractivity contribution in [1.82, 2.24) is 4.31 Å². The quantitative estimate of drug-likeness (QED) is 0.684. The highest BCUT2D eigenvalue weighted by Gasteiger charge is 2.36.